The SMILES string of the molecule is COc1cc(NC(=O)N2CC(Oc3nccs3)C2)cc(OC)c1OC. The summed E-state index contributed by atoms with van der Waals surface area (Å²) < 4.78 is 21.5. The molecule has 2 amide bonds. The van der Waals surface area contributed by atoms with Gasteiger partial charge in [0.15, 0.2) is 11.5 Å². The molecule has 0 spiro atoms. The van der Waals surface area contributed by atoms with Crippen LogP contribution in [0.2, 0.25) is 0 Å². The van der Waals surface area contributed by atoms with Gasteiger partial charge >= 0.3 is 6.03 Å². The Kier molecular flexibility index (Phi) is 5.13. The Morgan fingerprint density at radius 3 is 2.40 bits per heavy atom. The summed E-state index contributed by atoms with van der Waals surface area (Å²) in [6, 6.07) is 3.15. The molecule has 2 aromatic rings. The van der Waals surface area contributed by atoms with Gasteiger partial charge in [-0.2, -0.15) is 0 Å². The molecule has 0 unspecified atom stereocenters. The van der Waals surface area contributed by atoms with Gasteiger partial charge in [-0.3, -0.25) is 0 Å². The summed E-state index contributed by atoms with van der Waals surface area (Å²) in [7, 11) is 4.58. The number of anilines is 1. The van der Waals surface area contributed by atoms with Gasteiger partial charge in [0.25, 0.3) is 5.19 Å². The minimum Gasteiger partial charge on any atom is -0.493 e. The molecular weight excluding hydrogens is 346 g/mol. The molecule has 1 N–H and O–H groups in total. The number of hydrogen-bond donors (Lipinski definition) is 1. The molecule has 0 aliphatic carbocycles. The maximum Gasteiger partial charge on any atom is 0.322 e. The molecule has 8 nitrogen and oxygen atoms in total. The topological polar surface area (TPSA) is 82.2 Å². The smallest absolute Gasteiger partial charge is 0.322 e. The van der Waals surface area contributed by atoms with E-state index in [2.05, 4.69) is 10.3 Å². The van der Waals surface area contributed by atoms with Crippen LogP contribution in [0, 0.1) is 0 Å². The highest BCUT2D eigenvalue weighted by Gasteiger charge is 2.33. The van der Waals surface area contributed by atoms with Crippen LogP contribution in [0.15, 0.2) is 23.7 Å². The fraction of sp³-hybridized carbons (Fsp3) is 0.375. The summed E-state index contributed by atoms with van der Waals surface area (Å²) in [5, 5.41) is 5.30. The molecule has 1 saturated heterocycles. The lowest BCUT2D eigenvalue weighted by molar-refractivity contribution is 0.0491. The highest BCUT2D eigenvalue weighted by molar-refractivity contribution is 7.11. The van der Waals surface area contributed by atoms with E-state index in [1.807, 2.05) is 5.38 Å². The third kappa shape index (κ3) is 3.71. The van der Waals surface area contributed by atoms with Crippen molar-refractivity contribution < 1.29 is 23.7 Å². The number of nitrogens with one attached hydrogen (secondary N) is 1. The van der Waals surface area contributed by atoms with Crippen LogP contribution in [0.1, 0.15) is 0 Å². The average molecular weight is 365 g/mol. The van der Waals surface area contributed by atoms with Crippen molar-refractivity contribution in [3.05, 3.63) is 23.7 Å². The second kappa shape index (κ2) is 7.47. The molecule has 3 rings (SSSR count). The fourth-order valence-electron chi connectivity index (χ4n) is 2.45. The number of carbonyl (C=O) groups excluding carboxylic acids is 1. The molecule has 0 saturated carbocycles. The van der Waals surface area contributed by atoms with Crippen LogP contribution < -0.4 is 24.3 Å². The van der Waals surface area contributed by atoms with Gasteiger partial charge in [0.05, 0.1) is 40.1 Å². The van der Waals surface area contributed by atoms with Crippen molar-refractivity contribution in [1.29, 1.82) is 0 Å². The van der Waals surface area contributed by atoms with Crippen molar-refractivity contribution in [3.63, 3.8) is 0 Å². The van der Waals surface area contributed by atoms with Crippen LogP contribution in [0.4, 0.5) is 10.5 Å². The molecule has 0 atom stereocenters. The van der Waals surface area contributed by atoms with Gasteiger partial charge in [-0.15, -0.1) is 0 Å². The largest absolute Gasteiger partial charge is 0.493 e. The summed E-state index contributed by atoms with van der Waals surface area (Å²) >= 11 is 1.43. The maximum atomic E-state index is 12.3. The quantitative estimate of drug-likeness (QED) is 0.847. The third-order valence-corrected chi connectivity index (χ3v) is 4.39. The van der Waals surface area contributed by atoms with Crippen LogP contribution in [0.25, 0.3) is 0 Å². The Balaban J connectivity index is 1.60. The van der Waals surface area contributed by atoms with Gasteiger partial charge in [-0.25, -0.2) is 9.78 Å². The van der Waals surface area contributed by atoms with Gasteiger partial charge < -0.3 is 29.2 Å². The molecule has 0 bridgehead atoms. The number of nitrogens with zero attached hydrogens (tertiary/aromatic N) is 2. The summed E-state index contributed by atoms with van der Waals surface area (Å²) in [5.74, 6) is 1.43. The Hall–Kier alpha value is -2.68. The van der Waals surface area contributed by atoms with Gasteiger partial charge in [-0.1, -0.05) is 11.3 Å². The molecule has 9 heteroatoms. The first-order valence-electron chi connectivity index (χ1n) is 7.56. The second-order valence-corrected chi connectivity index (χ2v) is 6.14. The zero-order chi connectivity index (χ0) is 17.8. The van der Waals surface area contributed by atoms with Gasteiger partial charge in [0, 0.05) is 23.7 Å². The fourth-order valence-corrected chi connectivity index (χ4v) is 3.00. The predicted octanol–water partition coefficient (Wildman–Crippen LogP) is 2.46. The molecule has 134 valence electrons. The highest BCUT2D eigenvalue weighted by Crippen LogP contribution is 2.40. The summed E-state index contributed by atoms with van der Waals surface area (Å²) in [5.41, 5.74) is 0.559. The van der Waals surface area contributed by atoms with Crippen molar-refractivity contribution in [3.8, 4) is 22.4 Å². The lowest BCUT2D eigenvalue weighted by atomic mass is 10.2. The maximum absolute atomic E-state index is 12.3. The standard InChI is InChI=1S/C16H19N3O5S/c1-21-12-6-10(7-13(22-2)14(12)23-3)18-15(20)19-8-11(9-19)24-16-17-4-5-25-16/h4-7,11H,8-9H2,1-3H3,(H,18,20). The van der Waals surface area contributed by atoms with Crippen molar-refractivity contribution in [2.45, 2.75) is 6.10 Å². The monoisotopic (exact) mass is 365 g/mol. The van der Waals surface area contributed by atoms with Gasteiger partial charge in [0.1, 0.15) is 6.10 Å². The van der Waals surface area contributed by atoms with Crippen LogP contribution in [-0.4, -0.2) is 56.4 Å². The molecule has 1 fully saturated rings. The van der Waals surface area contributed by atoms with Gasteiger partial charge in [0.2, 0.25) is 5.75 Å². The van der Waals surface area contributed by atoms with E-state index in [4.69, 9.17) is 18.9 Å². The van der Waals surface area contributed by atoms with E-state index in [1.165, 1.54) is 32.7 Å². The Morgan fingerprint density at radius 2 is 1.88 bits per heavy atom. The average Bonchev–Trinajstić information content (AvgIpc) is 3.09. The Bertz CT molecular complexity index is 706. The van der Waals surface area contributed by atoms with Crippen molar-refractivity contribution in [2.24, 2.45) is 0 Å². The van der Waals surface area contributed by atoms with E-state index < -0.39 is 0 Å². The first kappa shape index (κ1) is 17.2. The lowest BCUT2D eigenvalue weighted by Gasteiger charge is -2.38. The van der Waals surface area contributed by atoms with Crippen molar-refractivity contribution in [2.75, 3.05) is 39.7 Å². The highest BCUT2D eigenvalue weighted by atomic mass is 32.1. The molecular formula is C16H19N3O5S. The molecule has 1 aromatic carbocycles. The van der Waals surface area contributed by atoms with Crippen LogP contribution >= 0.6 is 11.3 Å². The Morgan fingerprint density at radius 1 is 1.20 bits per heavy atom. The number of hydrogen-bond acceptors (Lipinski definition) is 7. The van der Waals surface area contributed by atoms with E-state index in [1.54, 1.807) is 23.2 Å². The Labute approximate surface area is 149 Å². The predicted molar refractivity (Wildman–Crippen MR) is 93.2 cm³/mol. The second-order valence-electron chi connectivity index (χ2n) is 5.29. The number of benzene rings is 1. The van der Waals surface area contributed by atoms with E-state index in [9.17, 15) is 4.79 Å². The number of ether oxygens (including phenoxy) is 4. The lowest BCUT2D eigenvalue weighted by Crippen LogP contribution is -2.57. The molecule has 0 radical (unpaired) electrons. The number of methoxy groups -OCH3 is 3. The first-order valence-corrected chi connectivity index (χ1v) is 8.44. The third-order valence-electron chi connectivity index (χ3n) is 3.73. The van der Waals surface area contributed by atoms with E-state index in [0.717, 1.165) is 0 Å². The van der Waals surface area contributed by atoms with E-state index >= 15 is 0 Å². The number of amides is 2. The van der Waals surface area contributed by atoms with Crippen LogP contribution in [0.3, 0.4) is 0 Å². The molecule has 25 heavy (non-hydrogen) atoms. The summed E-state index contributed by atoms with van der Waals surface area (Å²) in [6.07, 6.45) is 1.66. The first-order chi connectivity index (χ1) is 12.1. The molecule has 2 heterocycles. The number of aromatic nitrogens is 1. The zero-order valence-corrected chi connectivity index (χ0v) is 15.0. The molecule has 1 aliphatic rings. The van der Waals surface area contributed by atoms with E-state index in [0.29, 0.717) is 41.2 Å². The number of rotatable bonds is 6. The minimum atomic E-state index is -0.215. The minimum absolute atomic E-state index is 0.0307. The zero-order valence-electron chi connectivity index (χ0n) is 14.1. The normalized spacial score (nSPS) is 13.8. The molecule has 1 aliphatic heterocycles. The number of likely N-dealkylation sites (tertiary alicyclic amines) is 1. The summed E-state index contributed by atoms with van der Waals surface area (Å²) in [6.45, 7) is 1.02. The molecule has 1 aromatic heterocycles. The number of thiazole rings is 1. The van der Waals surface area contributed by atoms with Gasteiger partial charge in [-0.05, 0) is 0 Å². The van der Waals surface area contributed by atoms with Crippen molar-refractivity contribution in [1.82, 2.24) is 9.88 Å². The number of carbonyl (C=O) groups is 1. The summed E-state index contributed by atoms with van der Waals surface area (Å²) in [4.78, 5) is 18.1. The number of urea groups is 1. The van der Waals surface area contributed by atoms with Crippen molar-refractivity contribution >= 4 is 23.1 Å². The van der Waals surface area contributed by atoms with E-state index in [-0.39, 0.29) is 12.1 Å². The van der Waals surface area contributed by atoms with Crippen LogP contribution in [-0.2, 0) is 0 Å². The van der Waals surface area contributed by atoms with Crippen LogP contribution in [0.5, 0.6) is 22.4 Å².